The van der Waals surface area contributed by atoms with Crippen LogP contribution in [-0.2, 0) is 6.42 Å². The van der Waals surface area contributed by atoms with Gasteiger partial charge < -0.3 is 4.98 Å². The lowest BCUT2D eigenvalue weighted by atomic mass is 10.2. The molecule has 6 heteroatoms. The van der Waals surface area contributed by atoms with E-state index in [1.807, 2.05) is 34.7 Å². The van der Waals surface area contributed by atoms with Crippen molar-refractivity contribution in [1.82, 2.24) is 15.0 Å². The Morgan fingerprint density at radius 3 is 2.94 bits per heavy atom. The summed E-state index contributed by atoms with van der Waals surface area (Å²) in [6.45, 7) is 2.06. The number of pyridine rings is 1. The van der Waals surface area contributed by atoms with Gasteiger partial charge in [-0.15, -0.1) is 0 Å². The Balaban J connectivity index is 2.59. The Morgan fingerprint density at radius 2 is 2.28 bits per heavy atom. The van der Waals surface area contributed by atoms with Crippen molar-refractivity contribution in [1.29, 1.82) is 0 Å². The zero-order valence-electron chi connectivity index (χ0n) is 9.70. The van der Waals surface area contributed by atoms with Gasteiger partial charge in [0.05, 0.1) is 9.26 Å². The summed E-state index contributed by atoms with van der Waals surface area (Å²) in [5, 5.41) is 0. The third-order valence-corrected chi connectivity index (χ3v) is 4.15. The van der Waals surface area contributed by atoms with Gasteiger partial charge in [-0.1, -0.05) is 13.3 Å². The molecular formula is C12H11BrIN3O. The third kappa shape index (κ3) is 2.80. The smallest absolute Gasteiger partial charge is 0.264 e. The first-order valence-corrected chi connectivity index (χ1v) is 7.40. The molecule has 0 aliphatic carbocycles. The van der Waals surface area contributed by atoms with Crippen molar-refractivity contribution in [3.8, 4) is 11.5 Å². The van der Waals surface area contributed by atoms with Gasteiger partial charge in [-0.05, 0) is 57.1 Å². The largest absolute Gasteiger partial charge is 0.304 e. The summed E-state index contributed by atoms with van der Waals surface area (Å²) in [4.78, 5) is 23.4. The standard InChI is InChI=1S/C12H11BrIN3O/c1-2-4-8-9(14)12(18)17-11(16-8)10-7(13)5-3-6-15-10/h3,5-6H,2,4H2,1H3,(H,16,17,18). The molecule has 0 saturated heterocycles. The maximum absolute atomic E-state index is 11.9. The van der Waals surface area contributed by atoms with Crippen LogP contribution in [0, 0.1) is 3.57 Å². The van der Waals surface area contributed by atoms with E-state index in [2.05, 4.69) is 37.8 Å². The van der Waals surface area contributed by atoms with E-state index in [1.54, 1.807) is 6.20 Å². The van der Waals surface area contributed by atoms with Gasteiger partial charge in [0.15, 0.2) is 5.82 Å². The van der Waals surface area contributed by atoms with Crippen LogP contribution in [0.15, 0.2) is 27.6 Å². The number of H-pyrrole nitrogens is 1. The Labute approximate surface area is 127 Å². The van der Waals surface area contributed by atoms with Gasteiger partial charge >= 0.3 is 0 Å². The molecule has 2 heterocycles. The quantitative estimate of drug-likeness (QED) is 0.777. The predicted molar refractivity (Wildman–Crippen MR) is 82.5 cm³/mol. The van der Waals surface area contributed by atoms with Crippen LogP contribution in [0.5, 0.6) is 0 Å². The Hall–Kier alpha value is -0.760. The van der Waals surface area contributed by atoms with Crippen molar-refractivity contribution < 1.29 is 0 Å². The molecule has 18 heavy (non-hydrogen) atoms. The first kappa shape index (κ1) is 13.7. The van der Waals surface area contributed by atoms with Gasteiger partial charge in [-0.2, -0.15) is 0 Å². The number of rotatable bonds is 3. The predicted octanol–water partition coefficient (Wildman–Crippen LogP) is 3.15. The highest BCUT2D eigenvalue weighted by molar-refractivity contribution is 14.1. The molecule has 4 nitrogen and oxygen atoms in total. The van der Waals surface area contributed by atoms with Crippen molar-refractivity contribution in [3.63, 3.8) is 0 Å². The summed E-state index contributed by atoms with van der Waals surface area (Å²) in [6.07, 6.45) is 3.42. The van der Waals surface area contributed by atoms with Gasteiger partial charge in [0.1, 0.15) is 5.69 Å². The van der Waals surface area contributed by atoms with E-state index in [1.165, 1.54) is 0 Å². The Morgan fingerprint density at radius 1 is 1.50 bits per heavy atom. The molecule has 0 aliphatic rings. The average Bonchev–Trinajstić information content (AvgIpc) is 2.35. The minimum absolute atomic E-state index is 0.110. The van der Waals surface area contributed by atoms with Gasteiger partial charge in [-0.3, -0.25) is 9.78 Å². The van der Waals surface area contributed by atoms with Gasteiger partial charge in [-0.25, -0.2) is 4.98 Å². The summed E-state index contributed by atoms with van der Waals surface area (Å²) >= 11 is 5.45. The van der Waals surface area contributed by atoms with Gasteiger partial charge in [0, 0.05) is 10.7 Å². The number of hydrogen-bond donors (Lipinski definition) is 1. The highest BCUT2D eigenvalue weighted by Crippen LogP contribution is 2.22. The molecule has 0 fully saturated rings. The zero-order chi connectivity index (χ0) is 13.1. The molecule has 2 aromatic rings. The number of aryl methyl sites for hydroxylation is 1. The van der Waals surface area contributed by atoms with E-state index in [0.29, 0.717) is 15.1 Å². The maximum atomic E-state index is 11.9. The second-order valence-corrected chi connectivity index (χ2v) is 5.69. The van der Waals surface area contributed by atoms with Crippen molar-refractivity contribution in [2.45, 2.75) is 19.8 Å². The van der Waals surface area contributed by atoms with E-state index >= 15 is 0 Å². The molecule has 0 saturated carbocycles. The summed E-state index contributed by atoms with van der Waals surface area (Å²) in [7, 11) is 0. The number of halogens is 2. The second-order valence-electron chi connectivity index (χ2n) is 3.76. The van der Waals surface area contributed by atoms with Crippen LogP contribution in [0.3, 0.4) is 0 Å². The zero-order valence-corrected chi connectivity index (χ0v) is 13.4. The molecule has 2 rings (SSSR count). The van der Waals surface area contributed by atoms with Gasteiger partial charge in [0.25, 0.3) is 5.56 Å². The molecule has 0 aliphatic heterocycles. The fourth-order valence-electron chi connectivity index (χ4n) is 1.58. The number of nitrogens with one attached hydrogen (secondary N) is 1. The summed E-state index contributed by atoms with van der Waals surface area (Å²) in [5.74, 6) is 0.511. The van der Waals surface area contributed by atoms with E-state index in [-0.39, 0.29) is 5.56 Å². The lowest BCUT2D eigenvalue weighted by molar-refractivity contribution is 0.858. The van der Waals surface area contributed by atoms with Gasteiger partial charge in [0.2, 0.25) is 0 Å². The van der Waals surface area contributed by atoms with E-state index in [9.17, 15) is 4.79 Å². The molecule has 0 bridgehead atoms. The summed E-state index contributed by atoms with van der Waals surface area (Å²) in [6, 6.07) is 3.70. The van der Waals surface area contributed by atoms with Crippen molar-refractivity contribution >= 4 is 38.5 Å². The van der Waals surface area contributed by atoms with E-state index in [4.69, 9.17) is 0 Å². The van der Waals surface area contributed by atoms with Crippen LogP contribution in [0.4, 0.5) is 0 Å². The normalized spacial score (nSPS) is 10.6. The molecule has 1 N–H and O–H groups in total. The SMILES string of the molecule is CCCc1nc(-c2ncccc2Br)[nH]c(=O)c1I. The minimum Gasteiger partial charge on any atom is -0.304 e. The van der Waals surface area contributed by atoms with Crippen LogP contribution in [0.2, 0.25) is 0 Å². The van der Waals surface area contributed by atoms with E-state index in [0.717, 1.165) is 23.0 Å². The number of nitrogens with zero attached hydrogens (tertiary/aromatic N) is 2. The molecular weight excluding hydrogens is 409 g/mol. The first-order chi connectivity index (χ1) is 8.63. The molecule has 0 spiro atoms. The number of hydrogen-bond acceptors (Lipinski definition) is 3. The summed E-state index contributed by atoms with van der Waals surface area (Å²) in [5.41, 5.74) is 1.37. The molecule has 0 radical (unpaired) electrons. The highest BCUT2D eigenvalue weighted by Gasteiger charge is 2.12. The van der Waals surface area contributed by atoms with Crippen LogP contribution < -0.4 is 5.56 Å². The average molecular weight is 420 g/mol. The van der Waals surface area contributed by atoms with Crippen molar-refractivity contribution in [2.75, 3.05) is 0 Å². The fraction of sp³-hybridized carbons (Fsp3) is 0.250. The Kier molecular flexibility index (Phi) is 4.50. The van der Waals surface area contributed by atoms with Crippen LogP contribution >= 0.6 is 38.5 Å². The number of aromatic amines is 1. The topological polar surface area (TPSA) is 58.6 Å². The third-order valence-electron chi connectivity index (χ3n) is 2.40. The minimum atomic E-state index is -0.110. The monoisotopic (exact) mass is 419 g/mol. The highest BCUT2D eigenvalue weighted by atomic mass is 127. The molecule has 2 aromatic heterocycles. The van der Waals surface area contributed by atoms with E-state index < -0.39 is 0 Å². The van der Waals surface area contributed by atoms with Crippen molar-refractivity contribution in [3.05, 3.63) is 42.4 Å². The number of aromatic nitrogens is 3. The molecule has 0 amide bonds. The van der Waals surface area contributed by atoms with Crippen LogP contribution in [0.25, 0.3) is 11.5 Å². The Bertz CT molecular complexity index is 627. The summed E-state index contributed by atoms with van der Waals surface area (Å²) < 4.78 is 1.47. The fourth-order valence-corrected chi connectivity index (χ4v) is 2.55. The maximum Gasteiger partial charge on any atom is 0.264 e. The van der Waals surface area contributed by atoms with Crippen LogP contribution in [-0.4, -0.2) is 15.0 Å². The molecule has 0 atom stereocenters. The lowest BCUT2D eigenvalue weighted by Crippen LogP contribution is -2.16. The van der Waals surface area contributed by atoms with Crippen molar-refractivity contribution in [2.24, 2.45) is 0 Å². The second kappa shape index (κ2) is 5.92. The molecule has 0 aromatic carbocycles. The first-order valence-electron chi connectivity index (χ1n) is 5.53. The van der Waals surface area contributed by atoms with Crippen LogP contribution in [0.1, 0.15) is 19.0 Å². The molecule has 94 valence electrons. The lowest BCUT2D eigenvalue weighted by Gasteiger charge is -2.06. The molecule has 0 unspecified atom stereocenters.